The normalized spacial score (nSPS) is 22.4. The predicted octanol–water partition coefficient (Wildman–Crippen LogP) is 3.18. The van der Waals surface area contributed by atoms with Gasteiger partial charge in [0.15, 0.2) is 6.29 Å². The highest BCUT2D eigenvalue weighted by Crippen LogP contribution is 2.29. The fourth-order valence-corrected chi connectivity index (χ4v) is 4.12. The Hall–Kier alpha value is -1.59. The second kappa shape index (κ2) is 7.11. The maximum Gasteiger partial charge on any atom is 0.321 e. The third kappa shape index (κ3) is 3.28. The van der Waals surface area contributed by atoms with E-state index < -0.39 is 0 Å². The van der Waals surface area contributed by atoms with E-state index in [0.717, 1.165) is 44.5 Å². The average molecular weight is 330 g/mol. The van der Waals surface area contributed by atoms with Crippen LogP contribution in [0.2, 0.25) is 0 Å². The van der Waals surface area contributed by atoms with Crippen LogP contribution in [0.3, 0.4) is 0 Å². The molecule has 1 N–H and O–H groups in total. The fourth-order valence-electron chi connectivity index (χ4n) is 4.12. The molecule has 0 atom stereocenters. The van der Waals surface area contributed by atoms with Crippen molar-refractivity contribution in [1.29, 1.82) is 0 Å². The average Bonchev–Trinajstić information content (AvgIpc) is 3.17. The Morgan fingerprint density at radius 2 is 1.83 bits per heavy atom. The van der Waals surface area contributed by atoms with Crippen molar-refractivity contribution in [2.45, 2.75) is 44.8 Å². The molecule has 4 rings (SSSR count). The minimum atomic E-state index is -0.0589. The Kier molecular flexibility index (Phi) is 4.72. The van der Waals surface area contributed by atoms with Gasteiger partial charge in [0.1, 0.15) is 0 Å². The van der Waals surface area contributed by atoms with Gasteiger partial charge in [-0.1, -0.05) is 12.1 Å². The molecule has 0 bridgehead atoms. The van der Waals surface area contributed by atoms with Gasteiger partial charge in [-0.25, -0.2) is 4.79 Å². The lowest BCUT2D eigenvalue weighted by Crippen LogP contribution is -2.43. The second-order valence-electron chi connectivity index (χ2n) is 7.01. The highest BCUT2D eigenvalue weighted by atomic mass is 16.7. The van der Waals surface area contributed by atoms with E-state index in [9.17, 15) is 4.79 Å². The summed E-state index contributed by atoms with van der Waals surface area (Å²) in [6.07, 6.45) is 6.51. The van der Waals surface area contributed by atoms with Crippen LogP contribution < -0.4 is 5.32 Å². The minimum Gasteiger partial charge on any atom is -0.350 e. The van der Waals surface area contributed by atoms with Gasteiger partial charge >= 0.3 is 6.03 Å². The minimum absolute atomic E-state index is 0.0284. The summed E-state index contributed by atoms with van der Waals surface area (Å²) in [7, 11) is 0. The summed E-state index contributed by atoms with van der Waals surface area (Å²) in [6, 6.07) is 6.31. The number of piperidine rings is 1. The summed E-state index contributed by atoms with van der Waals surface area (Å²) < 4.78 is 11.2. The molecular formula is C19H26N2O3. The van der Waals surface area contributed by atoms with Crippen LogP contribution in [0.4, 0.5) is 10.5 Å². The Morgan fingerprint density at radius 3 is 2.62 bits per heavy atom. The predicted molar refractivity (Wildman–Crippen MR) is 92.1 cm³/mol. The summed E-state index contributed by atoms with van der Waals surface area (Å²) in [5.74, 6) is 0.418. The second-order valence-corrected chi connectivity index (χ2v) is 7.01. The topological polar surface area (TPSA) is 50.8 Å². The van der Waals surface area contributed by atoms with E-state index in [1.165, 1.54) is 24.0 Å². The number of anilines is 1. The lowest BCUT2D eigenvalue weighted by Gasteiger charge is -2.34. The first-order valence-electron chi connectivity index (χ1n) is 9.21. The molecule has 0 saturated carbocycles. The standard InChI is InChI=1S/C19H26N2O3/c22-19(20-17-7-3-5-14-4-1-2-6-16(14)17)21-10-8-15(9-11-21)18-23-12-13-24-18/h3,5,7,15,18H,1-2,4,6,8-13H2,(H,20,22). The molecule has 0 spiro atoms. The molecule has 2 heterocycles. The Balaban J connectivity index is 1.35. The molecule has 2 aliphatic heterocycles. The van der Waals surface area contributed by atoms with E-state index >= 15 is 0 Å². The number of carbonyl (C=O) groups excluding carboxylic acids is 1. The van der Waals surface area contributed by atoms with Gasteiger partial charge in [-0.2, -0.15) is 0 Å². The van der Waals surface area contributed by atoms with Gasteiger partial charge in [0.05, 0.1) is 13.2 Å². The molecular weight excluding hydrogens is 304 g/mol. The van der Waals surface area contributed by atoms with E-state index in [1.807, 2.05) is 11.0 Å². The maximum atomic E-state index is 12.6. The monoisotopic (exact) mass is 330 g/mol. The molecule has 0 radical (unpaired) electrons. The number of urea groups is 1. The lowest BCUT2D eigenvalue weighted by atomic mass is 9.90. The molecule has 1 aromatic rings. The summed E-state index contributed by atoms with van der Waals surface area (Å²) in [5, 5.41) is 3.15. The number of carbonyl (C=O) groups is 1. The molecule has 5 nitrogen and oxygen atoms in total. The van der Waals surface area contributed by atoms with Gasteiger partial charge in [-0.3, -0.25) is 0 Å². The van der Waals surface area contributed by atoms with Gasteiger partial charge in [-0.15, -0.1) is 0 Å². The molecule has 1 aliphatic carbocycles. The Labute approximate surface area is 143 Å². The molecule has 130 valence electrons. The van der Waals surface area contributed by atoms with Crippen LogP contribution in [0.25, 0.3) is 0 Å². The number of aryl methyl sites for hydroxylation is 1. The third-order valence-corrected chi connectivity index (χ3v) is 5.50. The number of ether oxygens (including phenoxy) is 2. The van der Waals surface area contributed by atoms with E-state index in [0.29, 0.717) is 19.1 Å². The third-order valence-electron chi connectivity index (χ3n) is 5.50. The van der Waals surface area contributed by atoms with Crippen LogP contribution in [0.5, 0.6) is 0 Å². The first kappa shape index (κ1) is 15.9. The van der Waals surface area contributed by atoms with Crippen molar-refractivity contribution in [3.05, 3.63) is 29.3 Å². The van der Waals surface area contributed by atoms with Crippen molar-refractivity contribution in [3.8, 4) is 0 Å². The SMILES string of the molecule is O=C(Nc1cccc2c1CCCC2)N1CCC(C2OCCO2)CC1. The summed E-state index contributed by atoms with van der Waals surface area (Å²) >= 11 is 0. The molecule has 5 heteroatoms. The Bertz CT molecular complexity index is 590. The number of rotatable bonds is 2. The number of nitrogens with zero attached hydrogens (tertiary/aromatic N) is 1. The quantitative estimate of drug-likeness (QED) is 0.906. The molecule has 2 fully saturated rings. The van der Waals surface area contributed by atoms with Crippen LogP contribution in [0, 0.1) is 5.92 Å². The molecule has 2 saturated heterocycles. The van der Waals surface area contributed by atoms with Crippen molar-refractivity contribution < 1.29 is 14.3 Å². The van der Waals surface area contributed by atoms with Gasteiger partial charge in [0, 0.05) is 24.7 Å². The van der Waals surface area contributed by atoms with Crippen molar-refractivity contribution >= 4 is 11.7 Å². The molecule has 2 amide bonds. The summed E-state index contributed by atoms with van der Waals surface area (Å²) in [5.41, 5.74) is 3.73. The van der Waals surface area contributed by atoms with Gasteiger partial charge in [0.2, 0.25) is 0 Å². The van der Waals surface area contributed by atoms with Crippen molar-refractivity contribution in [3.63, 3.8) is 0 Å². The molecule has 0 unspecified atom stereocenters. The van der Waals surface area contributed by atoms with Crippen LogP contribution in [0.15, 0.2) is 18.2 Å². The maximum absolute atomic E-state index is 12.6. The van der Waals surface area contributed by atoms with Crippen molar-refractivity contribution in [1.82, 2.24) is 4.90 Å². The van der Waals surface area contributed by atoms with Crippen LogP contribution in [0.1, 0.15) is 36.8 Å². The van der Waals surface area contributed by atoms with Gasteiger partial charge in [-0.05, 0) is 55.7 Å². The number of hydrogen-bond acceptors (Lipinski definition) is 3. The summed E-state index contributed by atoms with van der Waals surface area (Å²) in [6.45, 7) is 2.94. The molecule has 24 heavy (non-hydrogen) atoms. The van der Waals surface area contributed by atoms with Crippen LogP contribution in [-0.4, -0.2) is 43.5 Å². The number of benzene rings is 1. The highest BCUT2D eigenvalue weighted by Gasteiger charge is 2.32. The summed E-state index contributed by atoms with van der Waals surface area (Å²) in [4.78, 5) is 14.6. The highest BCUT2D eigenvalue weighted by molar-refractivity contribution is 5.90. The number of hydrogen-bond donors (Lipinski definition) is 1. The first-order chi connectivity index (χ1) is 11.8. The fraction of sp³-hybridized carbons (Fsp3) is 0.632. The zero-order valence-corrected chi connectivity index (χ0v) is 14.1. The van der Waals surface area contributed by atoms with E-state index in [2.05, 4.69) is 17.4 Å². The van der Waals surface area contributed by atoms with Crippen LogP contribution in [-0.2, 0) is 22.3 Å². The number of nitrogens with one attached hydrogen (secondary N) is 1. The van der Waals surface area contributed by atoms with Crippen LogP contribution >= 0.6 is 0 Å². The van der Waals surface area contributed by atoms with Crippen molar-refractivity contribution in [2.24, 2.45) is 5.92 Å². The number of fused-ring (bicyclic) bond motifs is 1. The van der Waals surface area contributed by atoms with Crippen molar-refractivity contribution in [2.75, 3.05) is 31.6 Å². The van der Waals surface area contributed by atoms with E-state index in [-0.39, 0.29) is 12.3 Å². The lowest BCUT2D eigenvalue weighted by molar-refractivity contribution is -0.0950. The first-order valence-corrected chi connectivity index (χ1v) is 9.21. The number of likely N-dealkylation sites (tertiary alicyclic amines) is 1. The zero-order chi connectivity index (χ0) is 16.4. The largest absolute Gasteiger partial charge is 0.350 e. The zero-order valence-electron chi connectivity index (χ0n) is 14.1. The molecule has 3 aliphatic rings. The van der Waals surface area contributed by atoms with E-state index in [4.69, 9.17) is 9.47 Å². The number of amides is 2. The molecule has 0 aromatic heterocycles. The van der Waals surface area contributed by atoms with Gasteiger partial charge in [0.25, 0.3) is 0 Å². The van der Waals surface area contributed by atoms with E-state index in [1.54, 1.807) is 0 Å². The molecule has 1 aromatic carbocycles. The van der Waals surface area contributed by atoms with Gasteiger partial charge < -0.3 is 19.7 Å². The smallest absolute Gasteiger partial charge is 0.321 e. The Morgan fingerprint density at radius 1 is 1.08 bits per heavy atom.